The Bertz CT molecular complexity index is 1860. The van der Waals surface area contributed by atoms with Crippen LogP contribution < -0.4 is 24.8 Å². The molecule has 14 nitrogen and oxygen atoms in total. The molecule has 2 saturated carbocycles. The number of hydrogen-bond acceptors (Lipinski definition) is 10. The van der Waals surface area contributed by atoms with Crippen molar-refractivity contribution in [2.75, 3.05) is 13.7 Å². The minimum atomic E-state index is -4.01. The Balaban J connectivity index is 1.45. The van der Waals surface area contributed by atoms with Crippen LogP contribution in [0.1, 0.15) is 80.6 Å². The molecule has 0 spiro atoms. The molecule has 3 N–H and O–H groups in total. The van der Waals surface area contributed by atoms with Gasteiger partial charge in [0.05, 0.1) is 18.4 Å². The van der Waals surface area contributed by atoms with Crippen molar-refractivity contribution in [3.05, 3.63) is 43.1 Å². The van der Waals surface area contributed by atoms with Crippen LogP contribution in [0.15, 0.2) is 43.1 Å². The molecule has 0 radical (unpaired) electrons. The molecule has 4 amide bonds. The number of methoxy groups -OCH3 is 1. The van der Waals surface area contributed by atoms with Gasteiger partial charge in [0, 0.05) is 29.3 Å². The number of sulfonamides is 1. The first-order valence-corrected chi connectivity index (χ1v) is 19.1. The van der Waals surface area contributed by atoms with E-state index in [1.54, 1.807) is 73.9 Å². The van der Waals surface area contributed by atoms with Crippen LogP contribution in [0.4, 0.5) is 4.79 Å². The Kier molecular flexibility index (Phi) is 10.4. The lowest BCUT2D eigenvalue weighted by atomic mass is 9.85. The number of amides is 4. The molecule has 2 heterocycles. The Morgan fingerprint density at radius 2 is 1.79 bits per heavy atom. The van der Waals surface area contributed by atoms with Gasteiger partial charge in [-0.2, -0.15) is 0 Å². The fraction of sp³-hybridized carbons (Fsp3) is 0.595. The molecule has 3 fully saturated rings. The number of fused-ring (bicyclic) bond motifs is 1. The van der Waals surface area contributed by atoms with Crippen LogP contribution in [0.2, 0.25) is 0 Å². The third kappa shape index (κ3) is 7.69. The fourth-order valence-electron chi connectivity index (χ4n) is 6.81. The predicted octanol–water partition coefficient (Wildman–Crippen LogP) is 3.98. The molecule has 1 aromatic heterocycles. The quantitative estimate of drug-likeness (QED) is 0.269. The van der Waals surface area contributed by atoms with Crippen molar-refractivity contribution < 1.29 is 41.8 Å². The van der Waals surface area contributed by atoms with E-state index in [0.29, 0.717) is 30.4 Å². The van der Waals surface area contributed by atoms with Crippen LogP contribution in [-0.2, 0) is 29.1 Å². The zero-order valence-electron chi connectivity index (χ0n) is 31.2. The Hall–Kier alpha value is -4.40. The van der Waals surface area contributed by atoms with Crippen LogP contribution in [0, 0.1) is 11.3 Å². The van der Waals surface area contributed by atoms with Gasteiger partial charge in [-0.1, -0.05) is 39.8 Å². The lowest BCUT2D eigenvalue weighted by Crippen LogP contribution is -2.60. The highest BCUT2D eigenvalue weighted by atomic mass is 32.2. The Morgan fingerprint density at radius 3 is 2.35 bits per heavy atom. The molecule has 52 heavy (non-hydrogen) atoms. The fourth-order valence-corrected chi connectivity index (χ4v) is 8.47. The maximum absolute atomic E-state index is 14.5. The Labute approximate surface area is 305 Å². The maximum Gasteiger partial charge on any atom is 0.408 e. The Morgan fingerprint density at radius 1 is 1.10 bits per heavy atom. The molecule has 1 aromatic carbocycles. The van der Waals surface area contributed by atoms with Crippen LogP contribution in [-0.4, -0.2) is 89.8 Å². The number of rotatable bonds is 12. The molecule has 3 aliphatic rings. The molecule has 5 rings (SSSR count). The second-order valence-electron chi connectivity index (χ2n) is 16.1. The number of carbonyl (C=O) groups excluding carboxylic acids is 4. The van der Waals surface area contributed by atoms with Gasteiger partial charge in [-0.15, -0.1) is 6.58 Å². The van der Waals surface area contributed by atoms with E-state index in [-0.39, 0.29) is 25.3 Å². The first-order chi connectivity index (χ1) is 24.2. The number of likely N-dealkylation sites (tertiary alicyclic amines) is 1. The van der Waals surface area contributed by atoms with Crippen LogP contribution >= 0.6 is 0 Å². The van der Waals surface area contributed by atoms with Gasteiger partial charge in [-0.25, -0.2) is 18.2 Å². The highest BCUT2D eigenvalue weighted by Crippen LogP contribution is 2.48. The van der Waals surface area contributed by atoms with Gasteiger partial charge < -0.3 is 29.7 Å². The summed E-state index contributed by atoms with van der Waals surface area (Å²) in [6.45, 7) is 15.9. The third-order valence-electron chi connectivity index (χ3n) is 10.2. The molecule has 5 atom stereocenters. The molecule has 1 saturated heterocycles. The van der Waals surface area contributed by atoms with Crippen LogP contribution in [0.3, 0.4) is 0 Å². The number of alkyl carbamates (subject to hydrolysis) is 1. The van der Waals surface area contributed by atoms with Gasteiger partial charge in [0.2, 0.25) is 27.7 Å². The first-order valence-electron chi connectivity index (χ1n) is 17.6. The standard InChI is InChI=1S/C37H51N5O9S/c1-10-22-20-37(22,32(45)41-52(47,48)36(11-2)16-17-36)40-29(43)26-19-23(50-30-25-13-12-14-27(49-9)24(25)15-18-38-30)21-42(26)31(44)28(34(3,4)5)39-33(46)51-35(6,7)8/h10,12-15,18,22-23,26,28H,1,11,16-17,19-21H2,2-9H3,(H,39,46)(H,40,43)(H,41,45)/t22-,23-,26+,28-,37-/m1/s1. The van der Waals surface area contributed by atoms with Crippen LogP contribution in [0.25, 0.3) is 10.8 Å². The molecular formula is C37H51N5O9S. The molecular weight excluding hydrogens is 691 g/mol. The maximum atomic E-state index is 14.5. The van der Waals surface area contributed by atoms with Crippen molar-refractivity contribution in [1.82, 2.24) is 25.2 Å². The summed E-state index contributed by atoms with van der Waals surface area (Å²) in [5.74, 6) is -1.73. The summed E-state index contributed by atoms with van der Waals surface area (Å²) < 4.78 is 45.0. The average molecular weight is 742 g/mol. The van der Waals surface area contributed by atoms with Crippen molar-refractivity contribution in [3.8, 4) is 11.6 Å². The van der Waals surface area contributed by atoms with Gasteiger partial charge in [0.25, 0.3) is 5.91 Å². The number of benzene rings is 1. The van der Waals surface area contributed by atoms with Gasteiger partial charge in [0.1, 0.15) is 35.1 Å². The summed E-state index contributed by atoms with van der Waals surface area (Å²) in [5.41, 5.74) is -3.22. The predicted molar refractivity (Wildman–Crippen MR) is 194 cm³/mol. The third-order valence-corrected chi connectivity index (χ3v) is 12.4. The van der Waals surface area contributed by atoms with E-state index < -0.39 is 79.2 Å². The number of aromatic nitrogens is 1. The minimum absolute atomic E-state index is 0.0105. The van der Waals surface area contributed by atoms with E-state index in [9.17, 15) is 27.6 Å². The summed E-state index contributed by atoms with van der Waals surface area (Å²) in [6.07, 6.45) is 2.94. The lowest BCUT2D eigenvalue weighted by Gasteiger charge is -2.36. The van der Waals surface area contributed by atoms with Crippen molar-refractivity contribution in [1.29, 1.82) is 0 Å². The van der Waals surface area contributed by atoms with Crippen LogP contribution in [0.5, 0.6) is 11.6 Å². The normalized spacial score (nSPS) is 24.3. The van der Waals surface area contributed by atoms with E-state index in [2.05, 4.69) is 26.9 Å². The smallest absolute Gasteiger partial charge is 0.408 e. The number of ether oxygens (including phenoxy) is 3. The average Bonchev–Trinajstić information content (AvgIpc) is 3.97. The van der Waals surface area contributed by atoms with Crippen molar-refractivity contribution in [3.63, 3.8) is 0 Å². The summed E-state index contributed by atoms with van der Waals surface area (Å²) in [6, 6.07) is 4.94. The SMILES string of the molecule is C=C[C@@H]1C[C@]1(NC(=O)[C@@H]1C[C@@H](Oc2nccc3c(OC)cccc23)CN1C(=O)[C@@H](NC(=O)OC(C)(C)C)C(C)(C)C)C(=O)NS(=O)(=O)C1(CC)CC1. The lowest BCUT2D eigenvalue weighted by molar-refractivity contribution is -0.143. The topological polar surface area (TPSA) is 182 Å². The number of hydrogen-bond donors (Lipinski definition) is 3. The first kappa shape index (κ1) is 38.8. The van der Waals surface area contributed by atoms with E-state index in [0.717, 1.165) is 5.39 Å². The number of nitrogens with one attached hydrogen (secondary N) is 3. The van der Waals surface area contributed by atoms with Gasteiger partial charge in [-0.3, -0.25) is 19.1 Å². The number of pyridine rings is 1. The van der Waals surface area contributed by atoms with E-state index >= 15 is 0 Å². The summed E-state index contributed by atoms with van der Waals surface area (Å²) in [5, 5.41) is 6.93. The molecule has 1 aliphatic heterocycles. The zero-order valence-corrected chi connectivity index (χ0v) is 32.0. The van der Waals surface area contributed by atoms with Crippen molar-refractivity contribution in [2.45, 2.75) is 115 Å². The molecule has 2 aromatic rings. The minimum Gasteiger partial charge on any atom is -0.496 e. The van der Waals surface area contributed by atoms with Crippen molar-refractivity contribution in [2.24, 2.45) is 11.3 Å². The second-order valence-corrected chi connectivity index (χ2v) is 18.2. The largest absolute Gasteiger partial charge is 0.496 e. The van der Waals surface area contributed by atoms with E-state index in [4.69, 9.17) is 14.2 Å². The second kappa shape index (κ2) is 13.9. The highest BCUT2D eigenvalue weighted by Gasteiger charge is 2.63. The zero-order chi connectivity index (χ0) is 38.4. The molecule has 15 heteroatoms. The van der Waals surface area contributed by atoms with Crippen molar-refractivity contribution >= 4 is 44.6 Å². The number of carbonyl (C=O) groups is 4. The molecule has 0 bridgehead atoms. The highest BCUT2D eigenvalue weighted by molar-refractivity contribution is 7.91. The summed E-state index contributed by atoms with van der Waals surface area (Å²) in [7, 11) is -2.45. The van der Waals surface area contributed by atoms with Gasteiger partial charge >= 0.3 is 6.09 Å². The summed E-state index contributed by atoms with van der Waals surface area (Å²) in [4.78, 5) is 61.2. The molecule has 284 valence electrons. The van der Waals surface area contributed by atoms with Gasteiger partial charge in [-0.05, 0) is 70.1 Å². The monoisotopic (exact) mass is 741 g/mol. The van der Waals surface area contributed by atoms with Gasteiger partial charge in [0.15, 0.2) is 0 Å². The van der Waals surface area contributed by atoms with E-state index in [1.165, 1.54) is 11.0 Å². The molecule has 2 aliphatic carbocycles. The molecule has 0 unspecified atom stereocenters. The van der Waals surface area contributed by atoms with E-state index in [1.807, 2.05) is 12.1 Å². The number of nitrogens with zero attached hydrogens (tertiary/aromatic N) is 2. The summed E-state index contributed by atoms with van der Waals surface area (Å²) >= 11 is 0.